The van der Waals surface area contributed by atoms with Crippen molar-refractivity contribution in [1.82, 2.24) is 4.98 Å². The largest absolute Gasteiger partial charge is 0.370 e. The Morgan fingerprint density at radius 3 is 2.68 bits per heavy atom. The predicted octanol–water partition coefficient (Wildman–Crippen LogP) is 2.64. The van der Waals surface area contributed by atoms with Crippen molar-refractivity contribution in [3.05, 3.63) is 40.7 Å². The van der Waals surface area contributed by atoms with Crippen molar-refractivity contribution < 1.29 is 9.59 Å². The van der Waals surface area contributed by atoms with Crippen molar-refractivity contribution in [2.75, 3.05) is 0 Å². The lowest BCUT2D eigenvalue weighted by molar-refractivity contribution is -0.120. The molecule has 1 aromatic carbocycles. The molecule has 0 aliphatic carbocycles. The number of carbonyl (C=O) groups is 2. The van der Waals surface area contributed by atoms with E-state index in [0.29, 0.717) is 5.01 Å². The molecule has 2 N–H and O–H groups in total. The fourth-order valence-corrected chi connectivity index (χ4v) is 3.08. The van der Waals surface area contributed by atoms with E-state index in [1.165, 1.54) is 11.3 Å². The molecule has 1 heterocycles. The average molecular weight is 313 g/mol. The van der Waals surface area contributed by atoms with Crippen LogP contribution in [0, 0.1) is 11.3 Å². The van der Waals surface area contributed by atoms with Gasteiger partial charge in [0.25, 0.3) is 0 Å². The number of aromatic nitrogens is 1. The molecule has 5 nitrogen and oxygen atoms in total. The first-order valence-electron chi connectivity index (χ1n) is 6.80. The molecule has 1 atom stereocenters. The highest BCUT2D eigenvalue weighted by Gasteiger charge is 2.24. The van der Waals surface area contributed by atoms with Crippen LogP contribution in [-0.4, -0.2) is 16.7 Å². The molecular formula is C16H15N3O2S. The number of hydrogen-bond acceptors (Lipinski definition) is 5. The Morgan fingerprint density at radius 1 is 1.32 bits per heavy atom. The van der Waals surface area contributed by atoms with Crippen molar-refractivity contribution in [3.8, 4) is 17.3 Å². The van der Waals surface area contributed by atoms with Crippen molar-refractivity contribution in [2.24, 2.45) is 5.73 Å². The Labute approximate surface area is 132 Å². The average Bonchev–Trinajstić information content (AvgIpc) is 2.98. The number of Topliss-reactive ketones (excluding diaryl/α,β-unsaturated/α-hetero) is 1. The van der Waals surface area contributed by atoms with Gasteiger partial charge in [0, 0.05) is 17.4 Å². The number of rotatable bonds is 7. The molecule has 2 rings (SSSR count). The molecule has 0 aliphatic heterocycles. The van der Waals surface area contributed by atoms with E-state index in [0.717, 1.165) is 11.3 Å². The lowest BCUT2D eigenvalue weighted by Gasteiger charge is -2.10. The molecule has 1 unspecified atom stereocenters. The number of amides is 1. The van der Waals surface area contributed by atoms with Gasteiger partial charge in [-0.25, -0.2) is 4.98 Å². The summed E-state index contributed by atoms with van der Waals surface area (Å²) in [6, 6.07) is 11.5. The van der Waals surface area contributed by atoms with Gasteiger partial charge in [-0.15, -0.1) is 11.3 Å². The normalized spacial score (nSPS) is 11.6. The van der Waals surface area contributed by atoms with E-state index >= 15 is 0 Å². The van der Waals surface area contributed by atoms with E-state index in [-0.39, 0.29) is 25.0 Å². The zero-order valence-corrected chi connectivity index (χ0v) is 12.7. The highest BCUT2D eigenvalue weighted by atomic mass is 32.1. The van der Waals surface area contributed by atoms with Gasteiger partial charge in [0.05, 0.1) is 24.1 Å². The molecular weight excluding hydrogens is 298 g/mol. The van der Waals surface area contributed by atoms with Crippen molar-refractivity contribution >= 4 is 23.0 Å². The molecule has 0 radical (unpaired) electrons. The number of ketones is 1. The highest BCUT2D eigenvalue weighted by molar-refractivity contribution is 7.10. The topological polar surface area (TPSA) is 96.8 Å². The smallest absolute Gasteiger partial charge is 0.217 e. The minimum Gasteiger partial charge on any atom is -0.370 e. The van der Waals surface area contributed by atoms with E-state index in [1.54, 1.807) is 0 Å². The van der Waals surface area contributed by atoms with Gasteiger partial charge in [-0.3, -0.25) is 9.59 Å². The first kappa shape index (κ1) is 15.9. The predicted molar refractivity (Wildman–Crippen MR) is 84.0 cm³/mol. The standard InChI is InChI=1S/C16H15N3O2S/c17-9-8-14(20)12(6-7-15(18)21)16-19-13(10-22-16)11-4-2-1-3-5-11/h1-5,10,12H,6-8H2,(H2,18,21). The molecule has 6 heteroatoms. The van der Waals surface area contributed by atoms with Gasteiger partial charge in [-0.2, -0.15) is 5.26 Å². The maximum absolute atomic E-state index is 12.1. The summed E-state index contributed by atoms with van der Waals surface area (Å²) in [7, 11) is 0. The van der Waals surface area contributed by atoms with Gasteiger partial charge < -0.3 is 5.73 Å². The van der Waals surface area contributed by atoms with E-state index in [9.17, 15) is 9.59 Å². The van der Waals surface area contributed by atoms with Crippen molar-refractivity contribution in [2.45, 2.75) is 25.2 Å². The third-order valence-corrected chi connectivity index (χ3v) is 4.17. The van der Waals surface area contributed by atoms with Crippen LogP contribution in [0.5, 0.6) is 0 Å². The quantitative estimate of drug-likeness (QED) is 0.849. The fourth-order valence-electron chi connectivity index (χ4n) is 2.10. The zero-order valence-electron chi connectivity index (χ0n) is 11.9. The van der Waals surface area contributed by atoms with Crippen molar-refractivity contribution in [3.63, 3.8) is 0 Å². The third kappa shape index (κ3) is 3.99. The summed E-state index contributed by atoms with van der Waals surface area (Å²) < 4.78 is 0. The Balaban J connectivity index is 2.24. The van der Waals surface area contributed by atoms with Gasteiger partial charge in [0.1, 0.15) is 5.01 Å². The van der Waals surface area contributed by atoms with Gasteiger partial charge >= 0.3 is 0 Å². The minimum atomic E-state index is -0.547. The zero-order chi connectivity index (χ0) is 15.9. The molecule has 22 heavy (non-hydrogen) atoms. The molecule has 112 valence electrons. The van der Waals surface area contributed by atoms with Crippen LogP contribution in [0.15, 0.2) is 35.7 Å². The van der Waals surface area contributed by atoms with E-state index in [2.05, 4.69) is 4.98 Å². The second-order valence-electron chi connectivity index (χ2n) is 4.80. The number of benzene rings is 1. The molecule has 1 amide bonds. The lowest BCUT2D eigenvalue weighted by Crippen LogP contribution is -2.17. The second kappa shape index (κ2) is 7.48. The van der Waals surface area contributed by atoms with Crippen LogP contribution < -0.4 is 5.73 Å². The molecule has 0 bridgehead atoms. The summed E-state index contributed by atoms with van der Waals surface area (Å²) in [5.74, 6) is -1.23. The summed E-state index contributed by atoms with van der Waals surface area (Å²) in [5, 5.41) is 11.2. The number of carbonyl (C=O) groups excluding carboxylic acids is 2. The maximum atomic E-state index is 12.1. The summed E-state index contributed by atoms with van der Waals surface area (Å²) >= 11 is 1.36. The molecule has 0 saturated heterocycles. The summed E-state index contributed by atoms with van der Waals surface area (Å²) in [6.45, 7) is 0. The Kier molecular flexibility index (Phi) is 5.39. The van der Waals surface area contributed by atoms with E-state index in [1.807, 2.05) is 41.8 Å². The third-order valence-electron chi connectivity index (χ3n) is 3.21. The van der Waals surface area contributed by atoms with Gasteiger partial charge in [-0.1, -0.05) is 30.3 Å². The van der Waals surface area contributed by atoms with Gasteiger partial charge in [0.15, 0.2) is 5.78 Å². The first-order valence-corrected chi connectivity index (χ1v) is 7.68. The lowest BCUT2D eigenvalue weighted by atomic mass is 9.97. The Morgan fingerprint density at radius 2 is 2.05 bits per heavy atom. The van der Waals surface area contributed by atoms with Crippen LogP contribution in [0.1, 0.15) is 30.2 Å². The van der Waals surface area contributed by atoms with Crippen LogP contribution in [0.25, 0.3) is 11.3 Å². The number of nitrogens with zero attached hydrogens (tertiary/aromatic N) is 2. The van der Waals surface area contributed by atoms with Crippen LogP contribution in [-0.2, 0) is 9.59 Å². The van der Waals surface area contributed by atoms with E-state index in [4.69, 9.17) is 11.0 Å². The fraction of sp³-hybridized carbons (Fsp3) is 0.250. The summed E-state index contributed by atoms with van der Waals surface area (Å²) in [5.41, 5.74) is 6.91. The Hall–Kier alpha value is -2.52. The number of nitrogens with two attached hydrogens (primary N) is 1. The highest BCUT2D eigenvalue weighted by Crippen LogP contribution is 2.30. The van der Waals surface area contributed by atoms with Crippen molar-refractivity contribution in [1.29, 1.82) is 5.26 Å². The number of nitriles is 1. The van der Waals surface area contributed by atoms with Gasteiger partial charge in [-0.05, 0) is 6.42 Å². The number of primary amides is 1. The molecule has 2 aromatic rings. The van der Waals surface area contributed by atoms with E-state index < -0.39 is 11.8 Å². The van der Waals surface area contributed by atoms with Gasteiger partial charge in [0.2, 0.25) is 5.91 Å². The van der Waals surface area contributed by atoms with Crippen LogP contribution in [0.4, 0.5) is 0 Å². The maximum Gasteiger partial charge on any atom is 0.217 e. The SMILES string of the molecule is N#CCC(=O)C(CCC(N)=O)c1nc(-c2ccccc2)cs1. The molecule has 0 fully saturated rings. The van der Waals surface area contributed by atoms with Crippen LogP contribution in [0.3, 0.4) is 0 Å². The van der Waals surface area contributed by atoms with Crippen LogP contribution >= 0.6 is 11.3 Å². The monoisotopic (exact) mass is 313 g/mol. The summed E-state index contributed by atoms with van der Waals surface area (Å²) in [6.07, 6.45) is 0.198. The minimum absolute atomic E-state index is 0.0993. The first-order chi connectivity index (χ1) is 10.6. The molecule has 0 spiro atoms. The summed E-state index contributed by atoms with van der Waals surface area (Å²) in [4.78, 5) is 27.6. The molecule has 1 aromatic heterocycles. The van der Waals surface area contributed by atoms with Crippen LogP contribution in [0.2, 0.25) is 0 Å². The second-order valence-corrected chi connectivity index (χ2v) is 5.69. The molecule has 0 saturated carbocycles. The molecule has 0 aliphatic rings. The number of thiazole rings is 1. The number of hydrogen-bond donors (Lipinski definition) is 1. The Bertz CT molecular complexity index is 704.